The number of rotatable bonds is 4. The molecule has 0 aliphatic carbocycles. The first-order valence-electron chi connectivity index (χ1n) is 8.59. The van der Waals surface area contributed by atoms with Gasteiger partial charge in [0.25, 0.3) is 0 Å². The van der Waals surface area contributed by atoms with Gasteiger partial charge in [0.15, 0.2) is 0 Å². The first-order chi connectivity index (χ1) is 11.2. The third-order valence-corrected chi connectivity index (χ3v) is 4.52. The number of nitrogens with zero attached hydrogens (tertiary/aromatic N) is 1. The Kier molecular flexibility index (Phi) is 5.88. The number of aliphatic hydroxyl groups is 1. The highest BCUT2D eigenvalue weighted by atomic mass is 16.6. The maximum atomic E-state index is 11.8. The quantitative estimate of drug-likeness (QED) is 0.889. The Morgan fingerprint density at radius 2 is 2.04 bits per heavy atom. The highest BCUT2D eigenvalue weighted by Crippen LogP contribution is 2.31. The van der Waals surface area contributed by atoms with Crippen LogP contribution < -0.4 is 5.32 Å². The number of aliphatic hydroxyl groups excluding tert-OH is 1. The minimum Gasteiger partial charge on any atom is -0.444 e. The number of hydrogen-bond acceptors (Lipinski definition) is 4. The molecule has 1 amide bonds. The lowest BCUT2D eigenvalue weighted by Crippen LogP contribution is -2.54. The summed E-state index contributed by atoms with van der Waals surface area (Å²) in [6.07, 6.45) is -0.0795. The fourth-order valence-electron chi connectivity index (χ4n) is 2.92. The summed E-state index contributed by atoms with van der Waals surface area (Å²) in [5.41, 5.74) is 0.410. The maximum absolute atomic E-state index is 11.8. The van der Waals surface area contributed by atoms with Gasteiger partial charge in [-0.1, -0.05) is 37.3 Å². The topological polar surface area (TPSA) is 61.8 Å². The summed E-state index contributed by atoms with van der Waals surface area (Å²) in [6, 6.07) is 10.3. The minimum atomic E-state index is -0.511. The minimum absolute atomic E-state index is 0.329. The molecule has 0 aromatic heterocycles. The van der Waals surface area contributed by atoms with Crippen LogP contribution in [-0.4, -0.2) is 47.4 Å². The van der Waals surface area contributed by atoms with Crippen molar-refractivity contribution < 1.29 is 14.6 Å². The van der Waals surface area contributed by atoms with Crippen molar-refractivity contribution in [2.45, 2.75) is 52.4 Å². The summed E-state index contributed by atoms with van der Waals surface area (Å²) >= 11 is 0. The van der Waals surface area contributed by atoms with Gasteiger partial charge in [-0.2, -0.15) is 0 Å². The molecule has 2 N–H and O–H groups in total. The monoisotopic (exact) mass is 334 g/mol. The van der Waals surface area contributed by atoms with E-state index in [4.69, 9.17) is 4.74 Å². The standard InChI is InChI=1S/C19H30N2O3/c1-18(2,3)24-17(23)20-14-19(4)10-11-21(13-16(19)22)12-15-8-6-5-7-9-15/h5-9,16,22H,10-14H2,1-4H3,(H,20,23)/t16-,19+/m1/s1. The molecule has 1 aliphatic rings. The number of amides is 1. The number of carbonyl (C=O) groups excluding carboxylic acids is 1. The van der Waals surface area contributed by atoms with Gasteiger partial charge in [-0.25, -0.2) is 4.79 Å². The SMILES string of the molecule is CC(C)(C)OC(=O)NC[C@]1(C)CCN(Cc2ccccc2)C[C@H]1O. The Morgan fingerprint density at radius 3 is 2.62 bits per heavy atom. The Bertz CT molecular complexity index is 541. The second kappa shape index (κ2) is 7.53. The van der Waals surface area contributed by atoms with Gasteiger partial charge < -0.3 is 15.2 Å². The predicted molar refractivity (Wildman–Crippen MR) is 94.7 cm³/mol. The van der Waals surface area contributed by atoms with E-state index in [0.717, 1.165) is 19.5 Å². The van der Waals surface area contributed by atoms with Crippen LogP contribution in [0.15, 0.2) is 30.3 Å². The Morgan fingerprint density at radius 1 is 1.38 bits per heavy atom. The van der Waals surface area contributed by atoms with E-state index >= 15 is 0 Å². The predicted octanol–water partition coefficient (Wildman–Crippen LogP) is 2.78. The van der Waals surface area contributed by atoms with Crippen LogP contribution in [0.2, 0.25) is 0 Å². The van der Waals surface area contributed by atoms with Gasteiger partial charge in [0.05, 0.1) is 6.10 Å². The van der Waals surface area contributed by atoms with Crippen molar-refractivity contribution in [2.75, 3.05) is 19.6 Å². The van der Waals surface area contributed by atoms with Crippen LogP contribution >= 0.6 is 0 Å². The third kappa shape index (κ3) is 5.49. The van der Waals surface area contributed by atoms with Crippen LogP contribution in [0.3, 0.4) is 0 Å². The number of likely N-dealkylation sites (tertiary alicyclic amines) is 1. The van der Waals surface area contributed by atoms with Crippen molar-refractivity contribution in [1.29, 1.82) is 0 Å². The number of alkyl carbamates (subject to hydrolysis) is 1. The van der Waals surface area contributed by atoms with Gasteiger partial charge in [0, 0.05) is 25.0 Å². The molecular weight excluding hydrogens is 304 g/mol. The largest absolute Gasteiger partial charge is 0.444 e. The molecule has 2 rings (SSSR count). The Balaban J connectivity index is 1.84. The van der Waals surface area contributed by atoms with Crippen LogP contribution in [0.5, 0.6) is 0 Å². The van der Waals surface area contributed by atoms with Crippen molar-refractivity contribution >= 4 is 6.09 Å². The van der Waals surface area contributed by atoms with E-state index in [0.29, 0.717) is 13.1 Å². The van der Waals surface area contributed by atoms with Gasteiger partial charge >= 0.3 is 6.09 Å². The number of piperidine rings is 1. The van der Waals surface area contributed by atoms with Gasteiger partial charge in [-0.3, -0.25) is 4.90 Å². The summed E-state index contributed by atoms with van der Waals surface area (Å²) < 4.78 is 5.27. The highest BCUT2D eigenvalue weighted by molar-refractivity contribution is 5.67. The van der Waals surface area contributed by atoms with Gasteiger partial charge in [-0.05, 0) is 39.3 Å². The van der Waals surface area contributed by atoms with Crippen molar-refractivity contribution in [1.82, 2.24) is 10.2 Å². The summed E-state index contributed by atoms with van der Waals surface area (Å²) in [5.74, 6) is 0. The molecule has 1 aromatic rings. The van der Waals surface area contributed by atoms with Crippen molar-refractivity contribution in [3.8, 4) is 0 Å². The van der Waals surface area contributed by atoms with Gasteiger partial charge in [0.2, 0.25) is 0 Å². The lowest BCUT2D eigenvalue weighted by Gasteiger charge is -2.43. The van der Waals surface area contributed by atoms with E-state index in [2.05, 4.69) is 22.3 Å². The number of benzene rings is 1. The number of nitrogens with one attached hydrogen (secondary N) is 1. The summed E-state index contributed by atoms with van der Waals surface area (Å²) in [4.78, 5) is 14.1. The zero-order valence-electron chi connectivity index (χ0n) is 15.2. The zero-order chi connectivity index (χ0) is 17.8. The smallest absolute Gasteiger partial charge is 0.407 e. The van der Waals surface area contributed by atoms with Crippen LogP contribution in [0, 0.1) is 5.41 Å². The normalized spacial score (nSPS) is 25.3. The molecule has 5 nitrogen and oxygen atoms in total. The summed E-state index contributed by atoms with van der Waals surface area (Å²) in [7, 11) is 0. The molecule has 0 unspecified atom stereocenters. The van der Waals surface area contributed by atoms with E-state index in [9.17, 15) is 9.90 Å². The molecule has 0 saturated carbocycles. The molecule has 0 bridgehead atoms. The number of hydrogen-bond donors (Lipinski definition) is 2. The van der Waals surface area contributed by atoms with Crippen LogP contribution in [0.25, 0.3) is 0 Å². The van der Waals surface area contributed by atoms with E-state index < -0.39 is 17.8 Å². The summed E-state index contributed by atoms with van der Waals surface area (Å²) in [5, 5.41) is 13.4. The molecule has 0 radical (unpaired) electrons. The molecule has 1 heterocycles. The maximum Gasteiger partial charge on any atom is 0.407 e. The average Bonchev–Trinajstić information content (AvgIpc) is 2.49. The van der Waals surface area contributed by atoms with Gasteiger partial charge in [-0.15, -0.1) is 0 Å². The molecule has 1 aromatic carbocycles. The van der Waals surface area contributed by atoms with E-state index in [1.54, 1.807) is 0 Å². The molecule has 1 aliphatic heterocycles. The van der Waals surface area contributed by atoms with Gasteiger partial charge in [0.1, 0.15) is 5.60 Å². The van der Waals surface area contributed by atoms with Crippen LogP contribution in [-0.2, 0) is 11.3 Å². The van der Waals surface area contributed by atoms with Crippen molar-refractivity contribution in [2.24, 2.45) is 5.41 Å². The molecule has 0 spiro atoms. The molecule has 134 valence electrons. The van der Waals surface area contributed by atoms with E-state index in [1.165, 1.54) is 5.56 Å². The average molecular weight is 334 g/mol. The Labute approximate surface area is 145 Å². The fourth-order valence-corrected chi connectivity index (χ4v) is 2.92. The Hall–Kier alpha value is -1.59. The van der Waals surface area contributed by atoms with E-state index in [-0.39, 0.29) is 5.41 Å². The highest BCUT2D eigenvalue weighted by Gasteiger charge is 2.38. The molecule has 1 fully saturated rings. The molecule has 24 heavy (non-hydrogen) atoms. The zero-order valence-corrected chi connectivity index (χ0v) is 15.2. The molecule has 1 saturated heterocycles. The number of ether oxygens (including phenoxy) is 1. The molecular formula is C19H30N2O3. The molecule has 2 atom stereocenters. The lowest BCUT2D eigenvalue weighted by molar-refractivity contribution is -0.0382. The van der Waals surface area contributed by atoms with Crippen molar-refractivity contribution in [3.05, 3.63) is 35.9 Å². The van der Waals surface area contributed by atoms with Crippen molar-refractivity contribution in [3.63, 3.8) is 0 Å². The first-order valence-corrected chi connectivity index (χ1v) is 8.59. The lowest BCUT2D eigenvalue weighted by atomic mass is 9.77. The van der Waals surface area contributed by atoms with E-state index in [1.807, 2.05) is 45.9 Å². The first kappa shape index (κ1) is 18.7. The molecule has 5 heteroatoms. The third-order valence-electron chi connectivity index (χ3n) is 4.52. The number of carbonyl (C=O) groups is 1. The van der Waals surface area contributed by atoms with Crippen LogP contribution in [0.1, 0.15) is 39.7 Å². The second-order valence-corrected chi connectivity index (χ2v) is 8.00. The fraction of sp³-hybridized carbons (Fsp3) is 0.632. The van der Waals surface area contributed by atoms with Crippen LogP contribution in [0.4, 0.5) is 4.79 Å². The summed E-state index contributed by atoms with van der Waals surface area (Å²) in [6.45, 7) is 10.3. The second-order valence-electron chi connectivity index (χ2n) is 8.00. The number of β-amino-alcohol motifs (C(OH)–C–C–N with tert-alkyl or cyclic N) is 1.